The molecule has 0 aliphatic carbocycles. The van der Waals surface area contributed by atoms with Crippen LogP contribution in [0.3, 0.4) is 0 Å². The maximum atomic E-state index is 12.3. The third-order valence-electron chi connectivity index (χ3n) is 3.32. The number of hydrogen-bond donors (Lipinski definition) is 2. The van der Waals surface area contributed by atoms with Gasteiger partial charge in [-0.1, -0.05) is 17.7 Å². The second kappa shape index (κ2) is 6.69. The first-order valence-electron chi connectivity index (χ1n) is 6.79. The predicted octanol–water partition coefficient (Wildman–Crippen LogP) is 2.20. The van der Waals surface area contributed by atoms with Gasteiger partial charge in [0.1, 0.15) is 9.96 Å². The number of aryl methyl sites for hydroxylation is 1. The monoisotopic (exact) mass is 354 g/mol. The Morgan fingerprint density at radius 3 is 2.61 bits per heavy atom. The molecule has 1 aromatic heterocycles. The van der Waals surface area contributed by atoms with E-state index in [0.29, 0.717) is 5.75 Å². The van der Waals surface area contributed by atoms with Crippen molar-refractivity contribution >= 4 is 27.3 Å². The minimum atomic E-state index is -3.79. The molecular formula is C15H18N2O4S2. The molecule has 0 aliphatic heterocycles. The van der Waals surface area contributed by atoms with Crippen LogP contribution in [0.1, 0.15) is 34.5 Å². The number of sulfonamides is 1. The smallest absolute Gasteiger partial charge is 0.252 e. The van der Waals surface area contributed by atoms with E-state index in [0.717, 1.165) is 22.5 Å². The molecule has 1 heterocycles. The second-order valence-electron chi connectivity index (χ2n) is 5.14. The molecule has 0 radical (unpaired) electrons. The molecule has 2 rings (SSSR count). The summed E-state index contributed by atoms with van der Waals surface area (Å²) in [5.41, 5.74) is 2.16. The van der Waals surface area contributed by atoms with E-state index in [1.165, 1.54) is 11.4 Å². The van der Waals surface area contributed by atoms with Gasteiger partial charge in [-0.25, -0.2) is 13.6 Å². The van der Waals surface area contributed by atoms with Crippen LogP contribution >= 0.6 is 11.3 Å². The Bertz CT molecular complexity index is 828. The number of hydrogen-bond acceptors (Lipinski definition) is 5. The highest BCUT2D eigenvalue weighted by molar-refractivity contribution is 7.91. The number of carbonyl (C=O) groups is 1. The van der Waals surface area contributed by atoms with Crippen LogP contribution in [0.4, 0.5) is 0 Å². The highest BCUT2D eigenvalue weighted by Gasteiger charge is 2.18. The quantitative estimate of drug-likeness (QED) is 0.860. The zero-order valence-corrected chi connectivity index (χ0v) is 14.6. The van der Waals surface area contributed by atoms with Crippen LogP contribution < -0.4 is 15.2 Å². The standard InChI is InChI=1S/C15H18N2O4S2/c1-9-4-5-13(21-3)12(6-9)10(2)17-15(18)11-7-14(22-8-11)23(16,19)20/h4-8,10H,1-3H3,(H,17,18)(H2,16,19,20). The largest absolute Gasteiger partial charge is 0.496 e. The molecule has 3 N–H and O–H groups in total. The van der Waals surface area contributed by atoms with E-state index < -0.39 is 10.0 Å². The highest BCUT2D eigenvalue weighted by Crippen LogP contribution is 2.27. The van der Waals surface area contributed by atoms with E-state index in [4.69, 9.17) is 9.88 Å². The Morgan fingerprint density at radius 2 is 2.04 bits per heavy atom. The topological polar surface area (TPSA) is 98.5 Å². The number of ether oxygens (including phenoxy) is 1. The van der Waals surface area contributed by atoms with Gasteiger partial charge in [-0.2, -0.15) is 0 Å². The summed E-state index contributed by atoms with van der Waals surface area (Å²) in [5, 5.41) is 9.35. The zero-order chi connectivity index (χ0) is 17.2. The van der Waals surface area contributed by atoms with E-state index in [-0.39, 0.29) is 21.7 Å². The maximum Gasteiger partial charge on any atom is 0.252 e. The number of thiophene rings is 1. The number of rotatable bonds is 5. The first kappa shape index (κ1) is 17.5. The van der Waals surface area contributed by atoms with Crippen molar-refractivity contribution < 1.29 is 17.9 Å². The Morgan fingerprint density at radius 1 is 1.35 bits per heavy atom. The van der Waals surface area contributed by atoms with Crippen LogP contribution in [0.25, 0.3) is 0 Å². The van der Waals surface area contributed by atoms with Crippen molar-refractivity contribution in [1.29, 1.82) is 0 Å². The summed E-state index contributed by atoms with van der Waals surface area (Å²) in [5.74, 6) is 0.311. The van der Waals surface area contributed by atoms with E-state index in [1.807, 2.05) is 32.0 Å². The normalized spacial score (nSPS) is 12.7. The van der Waals surface area contributed by atoms with Gasteiger partial charge < -0.3 is 10.1 Å². The summed E-state index contributed by atoms with van der Waals surface area (Å²) in [6.07, 6.45) is 0. The molecule has 124 valence electrons. The lowest BCUT2D eigenvalue weighted by atomic mass is 10.0. The van der Waals surface area contributed by atoms with Crippen molar-refractivity contribution in [2.24, 2.45) is 5.14 Å². The molecule has 1 atom stereocenters. The Kier molecular flexibility index (Phi) is 5.08. The second-order valence-corrected chi connectivity index (χ2v) is 7.84. The number of amides is 1. The van der Waals surface area contributed by atoms with Gasteiger partial charge in [0.25, 0.3) is 5.91 Å². The Hall–Kier alpha value is -1.90. The Labute approximate surface area is 139 Å². The lowest BCUT2D eigenvalue weighted by Gasteiger charge is -2.17. The molecule has 0 fully saturated rings. The van der Waals surface area contributed by atoms with Gasteiger partial charge in [-0.15, -0.1) is 11.3 Å². The first-order valence-corrected chi connectivity index (χ1v) is 9.21. The molecule has 1 unspecified atom stereocenters. The number of nitrogens with one attached hydrogen (secondary N) is 1. The molecule has 2 aromatic rings. The van der Waals surface area contributed by atoms with Crippen LogP contribution in [-0.4, -0.2) is 21.4 Å². The fraction of sp³-hybridized carbons (Fsp3) is 0.267. The van der Waals surface area contributed by atoms with Gasteiger partial charge in [0.2, 0.25) is 10.0 Å². The van der Waals surface area contributed by atoms with Crippen molar-refractivity contribution in [2.75, 3.05) is 7.11 Å². The van der Waals surface area contributed by atoms with Gasteiger partial charge in [-0.3, -0.25) is 4.79 Å². The van der Waals surface area contributed by atoms with Gasteiger partial charge in [0.15, 0.2) is 0 Å². The first-order chi connectivity index (χ1) is 10.7. The maximum absolute atomic E-state index is 12.3. The molecule has 0 aliphatic rings. The van der Waals surface area contributed by atoms with Crippen LogP contribution in [0.15, 0.2) is 33.9 Å². The van der Waals surface area contributed by atoms with Crippen molar-refractivity contribution in [1.82, 2.24) is 5.32 Å². The lowest BCUT2D eigenvalue weighted by molar-refractivity contribution is 0.0940. The molecule has 8 heteroatoms. The molecule has 0 bridgehead atoms. The summed E-state index contributed by atoms with van der Waals surface area (Å²) in [4.78, 5) is 12.3. The average Bonchev–Trinajstić information content (AvgIpc) is 2.97. The van der Waals surface area contributed by atoms with Gasteiger partial charge in [-0.05, 0) is 26.0 Å². The molecule has 0 spiro atoms. The molecule has 6 nitrogen and oxygen atoms in total. The molecule has 0 saturated heterocycles. The summed E-state index contributed by atoms with van der Waals surface area (Å²) >= 11 is 0.919. The van der Waals surface area contributed by atoms with E-state index >= 15 is 0 Å². The van der Waals surface area contributed by atoms with Gasteiger partial charge in [0.05, 0.1) is 18.7 Å². The minimum absolute atomic E-state index is 0.0385. The summed E-state index contributed by atoms with van der Waals surface area (Å²) in [6.45, 7) is 3.79. The molecule has 23 heavy (non-hydrogen) atoms. The lowest BCUT2D eigenvalue weighted by Crippen LogP contribution is -2.26. The Balaban J connectivity index is 2.20. The summed E-state index contributed by atoms with van der Waals surface area (Å²) < 4.78 is 27.8. The molecule has 0 saturated carbocycles. The van der Waals surface area contributed by atoms with Crippen molar-refractivity contribution in [3.05, 3.63) is 46.3 Å². The van der Waals surface area contributed by atoms with E-state index in [9.17, 15) is 13.2 Å². The third kappa shape index (κ3) is 4.10. The average molecular weight is 354 g/mol. The summed E-state index contributed by atoms with van der Waals surface area (Å²) in [7, 11) is -2.22. The number of carbonyl (C=O) groups excluding carboxylic acids is 1. The molecule has 1 amide bonds. The zero-order valence-electron chi connectivity index (χ0n) is 13.0. The fourth-order valence-electron chi connectivity index (χ4n) is 2.13. The number of methoxy groups -OCH3 is 1. The van der Waals surface area contributed by atoms with Crippen LogP contribution in [0.2, 0.25) is 0 Å². The highest BCUT2D eigenvalue weighted by atomic mass is 32.2. The predicted molar refractivity (Wildman–Crippen MR) is 89.3 cm³/mol. The van der Waals surface area contributed by atoms with E-state index in [1.54, 1.807) is 7.11 Å². The van der Waals surface area contributed by atoms with Crippen LogP contribution in [-0.2, 0) is 10.0 Å². The third-order valence-corrected chi connectivity index (χ3v) is 5.70. The minimum Gasteiger partial charge on any atom is -0.496 e. The number of nitrogens with two attached hydrogens (primary N) is 1. The number of primary sulfonamides is 1. The summed E-state index contributed by atoms with van der Waals surface area (Å²) in [6, 6.07) is 6.68. The molecule has 1 aromatic carbocycles. The SMILES string of the molecule is COc1ccc(C)cc1C(C)NC(=O)c1csc(S(N)(=O)=O)c1. The van der Waals surface area contributed by atoms with Crippen molar-refractivity contribution in [2.45, 2.75) is 24.1 Å². The van der Waals surface area contributed by atoms with Crippen molar-refractivity contribution in [3.8, 4) is 5.75 Å². The molecular weight excluding hydrogens is 336 g/mol. The van der Waals surface area contributed by atoms with Crippen molar-refractivity contribution in [3.63, 3.8) is 0 Å². The van der Waals surface area contributed by atoms with Gasteiger partial charge in [0, 0.05) is 10.9 Å². The number of benzene rings is 1. The van der Waals surface area contributed by atoms with Gasteiger partial charge >= 0.3 is 0 Å². The van der Waals surface area contributed by atoms with Crippen LogP contribution in [0.5, 0.6) is 5.75 Å². The van der Waals surface area contributed by atoms with Crippen LogP contribution in [0, 0.1) is 6.92 Å². The fourth-order valence-corrected chi connectivity index (χ4v) is 3.72. The van der Waals surface area contributed by atoms with E-state index in [2.05, 4.69) is 5.32 Å².